The van der Waals surface area contributed by atoms with Crippen LogP contribution in [0.15, 0.2) is 42.5 Å². The molecular formula is C22H22ClN3O4. The third-order valence-electron chi connectivity index (χ3n) is 5.41. The summed E-state index contributed by atoms with van der Waals surface area (Å²) in [4.78, 5) is 37.9. The summed E-state index contributed by atoms with van der Waals surface area (Å²) < 4.78 is 5.34. The lowest BCUT2D eigenvalue weighted by molar-refractivity contribution is -0.144. The lowest BCUT2D eigenvalue weighted by atomic mass is 9.90. The number of halogens is 1. The molecule has 0 radical (unpaired) electrons. The summed E-state index contributed by atoms with van der Waals surface area (Å²) in [5.41, 5.74) is 2.21. The SMILES string of the molecule is O=C1COc2cc(NC(=O)C(=O)N3CCC(Cc4ccc(Cl)cc4)CC3)ccc2N1. The molecule has 156 valence electrons. The molecule has 2 aromatic rings. The van der Waals surface area contributed by atoms with Crippen LogP contribution in [-0.2, 0) is 20.8 Å². The van der Waals surface area contributed by atoms with Crippen molar-refractivity contribution in [2.45, 2.75) is 19.3 Å². The Hall–Kier alpha value is -3.06. The number of nitrogens with zero attached hydrogens (tertiary/aromatic N) is 1. The fourth-order valence-electron chi connectivity index (χ4n) is 3.77. The van der Waals surface area contributed by atoms with E-state index in [1.54, 1.807) is 23.1 Å². The van der Waals surface area contributed by atoms with Gasteiger partial charge < -0.3 is 20.3 Å². The van der Waals surface area contributed by atoms with Crippen LogP contribution in [0.1, 0.15) is 18.4 Å². The average molecular weight is 428 g/mol. The second-order valence-electron chi connectivity index (χ2n) is 7.57. The summed E-state index contributed by atoms with van der Waals surface area (Å²) in [6.07, 6.45) is 2.65. The highest BCUT2D eigenvalue weighted by atomic mass is 35.5. The summed E-state index contributed by atoms with van der Waals surface area (Å²) in [5.74, 6) is -0.499. The molecule has 1 fully saturated rings. The quantitative estimate of drug-likeness (QED) is 0.737. The molecule has 2 aliphatic rings. The van der Waals surface area contributed by atoms with Crippen molar-refractivity contribution in [3.8, 4) is 5.75 Å². The third kappa shape index (κ3) is 4.74. The van der Waals surface area contributed by atoms with Gasteiger partial charge in [-0.05, 0) is 55.0 Å². The molecule has 2 aliphatic heterocycles. The van der Waals surface area contributed by atoms with E-state index in [2.05, 4.69) is 10.6 Å². The van der Waals surface area contributed by atoms with Gasteiger partial charge in [-0.25, -0.2) is 0 Å². The van der Waals surface area contributed by atoms with Crippen molar-refractivity contribution in [3.63, 3.8) is 0 Å². The average Bonchev–Trinajstić information content (AvgIpc) is 2.75. The number of ether oxygens (including phenoxy) is 1. The fourth-order valence-corrected chi connectivity index (χ4v) is 3.90. The molecule has 0 unspecified atom stereocenters. The van der Waals surface area contributed by atoms with Gasteiger partial charge in [0.05, 0.1) is 5.69 Å². The monoisotopic (exact) mass is 427 g/mol. The lowest BCUT2D eigenvalue weighted by Crippen LogP contribution is -2.44. The molecular weight excluding hydrogens is 406 g/mol. The third-order valence-corrected chi connectivity index (χ3v) is 5.66. The molecule has 8 heteroatoms. The Labute approximate surface area is 179 Å². The standard InChI is InChI=1S/C22H22ClN3O4/c23-16-3-1-14(2-4-16)11-15-7-9-26(10-8-15)22(29)21(28)24-17-5-6-18-19(12-17)30-13-20(27)25-18/h1-6,12,15H,7-11,13H2,(H,24,28)(H,25,27). The van der Waals surface area contributed by atoms with E-state index in [0.29, 0.717) is 36.1 Å². The molecule has 1 saturated heterocycles. The van der Waals surface area contributed by atoms with Gasteiger partial charge >= 0.3 is 11.8 Å². The van der Waals surface area contributed by atoms with E-state index in [4.69, 9.17) is 16.3 Å². The molecule has 0 spiro atoms. The maximum Gasteiger partial charge on any atom is 0.313 e. The van der Waals surface area contributed by atoms with Crippen molar-refractivity contribution in [3.05, 3.63) is 53.1 Å². The molecule has 2 aromatic carbocycles. The van der Waals surface area contributed by atoms with Crippen LogP contribution in [-0.4, -0.2) is 42.3 Å². The summed E-state index contributed by atoms with van der Waals surface area (Å²) in [5, 5.41) is 6.02. The second-order valence-corrected chi connectivity index (χ2v) is 8.00. The molecule has 0 atom stereocenters. The topological polar surface area (TPSA) is 87.7 Å². The van der Waals surface area contributed by atoms with Crippen molar-refractivity contribution in [2.24, 2.45) is 5.92 Å². The zero-order valence-electron chi connectivity index (χ0n) is 16.3. The van der Waals surface area contributed by atoms with Crippen LogP contribution < -0.4 is 15.4 Å². The number of anilines is 2. The Kier molecular flexibility index (Phi) is 5.90. The van der Waals surface area contributed by atoms with Gasteiger partial charge in [-0.1, -0.05) is 23.7 Å². The molecule has 0 saturated carbocycles. The number of piperidine rings is 1. The molecule has 0 aromatic heterocycles. The first-order valence-corrected chi connectivity index (χ1v) is 10.3. The number of rotatable bonds is 3. The molecule has 7 nitrogen and oxygen atoms in total. The molecule has 2 heterocycles. The normalized spacial score (nSPS) is 16.3. The Morgan fingerprint density at radius 3 is 2.60 bits per heavy atom. The molecule has 0 aliphatic carbocycles. The van der Waals surface area contributed by atoms with Crippen LogP contribution in [0.25, 0.3) is 0 Å². The Morgan fingerprint density at radius 1 is 1.13 bits per heavy atom. The molecule has 2 N–H and O–H groups in total. The van der Waals surface area contributed by atoms with Crippen molar-refractivity contribution in [1.29, 1.82) is 0 Å². The predicted octanol–water partition coefficient (Wildman–Crippen LogP) is 3.09. The van der Waals surface area contributed by atoms with Crippen LogP contribution in [0.2, 0.25) is 5.02 Å². The van der Waals surface area contributed by atoms with Crippen molar-refractivity contribution in [2.75, 3.05) is 30.3 Å². The summed E-state index contributed by atoms with van der Waals surface area (Å²) in [6.45, 7) is 1.04. The van der Waals surface area contributed by atoms with Gasteiger partial charge in [0.1, 0.15) is 5.75 Å². The zero-order chi connectivity index (χ0) is 21.1. The van der Waals surface area contributed by atoms with E-state index in [-0.39, 0.29) is 12.5 Å². The number of benzene rings is 2. The Morgan fingerprint density at radius 2 is 1.87 bits per heavy atom. The number of nitrogens with one attached hydrogen (secondary N) is 2. The van der Waals surface area contributed by atoms with Crippen LogP contribution >= 0.6 is 11.6 Å². The number of carbonyl (C=O) groups excluding carboxylic acids is 3. The highest BCUT2D eigenvalue weighted by molar-refractivity contribution is 6.39. The van der Waals surface area contributed by atoms with Gasteiger partial charge in [-0.2, -0.15) is 0 Å². The first kappa shape index (κ1) is 20.2. The van der Waals surface area contributed by atoms with E-state index in [9.17, 15) is 14.4 Å². The minimum absolute atomic E-state index is 0.0751. The smallest absolute Gasteiger partial charge is 0.313 e. The Bertz CT molecular complexity index is 969. The van der Waals surface area contributed by atoms with Gasteiger partial charge in [0.15, 0.2) is 6.61 Å². The maximum atomic E-state index is 12.5. The van der Waals surface area contributed by atoms with E-state index in [1.165, 1.54) is 5.56 Å². The van der Waals surface area contributed by atoms with E-state index < -0.39 is 11.8 Å². The lowest BCUT2D eigenvalue weighted by Gasteiger charge is -2.31. The number of hydrogen-bond acceptors (Lipinski definition) is 4. The number of likely N-dealkylation sites (tertiary alicyclic amines) is 1. The Balaban J connectivity index is 1.29. The molecule has 4 rings (SSSR count). The van der Waals surface area contributed by atoms with Gasteiger partial charge in [0, 0.05) is 29.9 Å². The molecule has 30 heavy (non-hydrogen) atoms. The zero-order valence-corrected chi connectivity index (χ0v) is 17.1. The van der Waals surface area contributed by atoms with Crippen LogP contribution in [0, 0.1) is 5.92 Å². The fraction of sp³-hybridized carbons (Fsp3) is 0.318. The van der Waals surface area contributed by atoms with E-state index >= 15 is 0 Å². The van der Waals surface area contributed by atoms with Crippen LogP contribution in [0.5, 0.6) is 5.75 Å². The summed E-state index contributed by atoms with van der Waals surface area (Å²) in [7, 11) is 0. The molecule has 0 bridgehead atoms. The van der Waals surface area contributed by atoms with Crippen molar-refractivity contribution >= 4 is 40.7 Å². The van der Waals surface area contributed by atoms with Crippen molar-refractivity contribution in [1.82, 2.24) is 4.90 Å². The van der Waals surface area contributed by atoms with Crippen molar-refractivity contribution < 1.29 is 19.1 Å². The first-order chi connectivity index (χ1) is 14.5. The van der Waals surface area contributed by atoms with E-state index in [1.807, 2.05) is 24.3 Å². The predicted molar refractivity (Wildman–Crippen MR) is 114 cm³/mol. The van der Waals surface area contributed by atoms with Gasteiger partial charge in [-0.3, -0.25) is 14.4 Å². The largest absolute Gasteiger partial charge is 0.482 e. The molecule has 3 amide bonds. The highest BCUT2D eigenvalue weighted by Gasteiger charge is 2.27. The number of amides is 3. The summed E-state index contributed by atoms with van der Waals surface area (Å²) in [6, 6.07) is 12.7. The maximum absolute atomic E-state index is 12.5. The minimum Gasteiger partial charge on any atom is -0.482 e. The summed E-state index contributed by atoms with van der Waals surface area (Å²) >= 11 is 5.93. The van der Waals surface area contributed by atoms with Crippen LogP contribution in [0.3, 0.4) is 0 Å². The van der Waals surface area contributed by atoms with E-state index in [0.717, 1.165) is 24.3 Å². The number of fused-ring (bicyclic) bond motifs is 1. The number of carbonyl (C=O) groups is 3. The first-order valence-electron chi connectivity index (χ1n) is 9.89. The second kappa shape index (κ2) is 8.75. The van der Waals surface area contributed by atoms with Gasteiger partial charge in [-0.15, -0.1) is 0 Å². The van der Waals surface area contributed by atoms with Crippen LogP contribution in [0.4, 0.5) is 11.4 Å². The van der Waals surface area contributed by atoms with Gasteiger partial charge in [0.25, 0.3) is 5.91 Å². The van der Waals surface area contributed by atoms with Gasteiger partial charge in [0.2, 0.25) is 0 Å². The highest BCUT2D eigenvalue weighted by Crippen LogP contribution is 2.30. The number of hydrogen-bond donors (Lipinski definition) is 2. The minimum atomic E-state index is -0.675.